The minimum Gasteiger partial charge on any atom is -0.504 e. The Balaban J connectivity index is 0.000000770. The van der Waals surface area contributed by atoms with E-state index in [2.05, 4.69) is 4.12 Å². The largest absolute Gasteiger partial charge is 0.504 e. The van der Waals surface area contributed by atoms with Gasteiger partial charge in [-0.3, -0.25) is 0 Å². The number of hydrogen-bond acceptors (Lipinski definition) is 5. The monoisotopic (exact) mass is 276 g/mol. The first-order valence-electron chi connectivity index (χ1n) is 4.28. The zero-order valence-electron chi connectivity index (χ0n) is 9.17. The lowest BCUT2D eigenvalue weighted by Crippen LogP contribution is -2.01. The van der Waals surface area contributed by atoms with Crippen molar-refractivity contribution < 1.29 is 34.1 Å². The van der Waals surface area contributed by atoms with Crippen molar-refractivity contribution in [2.45, 2.75) is 0 Å². The van der Waals surface area contributed by atoms with Gasteiger partial charge in [0.05, 0.1) is 0 Å². The molecule has 1 rings (SSSR count). The lowest BCUT2D eigenvalue weighted by Gasteiger charge is -2.04. The molecule has 7 nitrogen and oxygen atoms in total. The molecular weight excluding hydrogens is 264 g/mol. The minimum atomic E-state index is -1.45. The molecule has 4 N–H and O–H groups in total. The Labute approximate surface area is 102 Å². The minimum absolute atomic E-state index is 0.549. The summed E-state index contributed by atoms with van der Waals surface area (Å²) in [6.07, 6.45) is 0. The van der Waals surface area contributed by atoms with Gasteiger partial charge in [0.1, 0.15) is 32.1 Å². The van der Waals surface area contributed by atoms with Crippen molar-refractivity contribution in [1.29, 1.82) is 0 Å². The van der Waals surface area contributed by atoms with Crippen LogP contribution in [0.15, 0.2) is 12.1 Å². The number of carboxylic acids is 2. The van der Waals surface area contributed by atoms with Crippen LogP contribution in [0.3, 0.4) is 0 Å². The van der Waals surface area contributed by atoms with E-state index < -0.39 is 34.6 Å². The molecule has 0 amide bonds. The lowest BCUT2D eigenvalue weighted by molar-refractivity contribution is 0.0674. The van der Waals surface area contributed by atoms with Gasteiger partial charge in [0.25, 0.3) is 0 Å². The molecule has 0 aliphatic heterocycles. The SMILES string of the molecule is O=C(O)c1ccc(C(=O)O)c(O)c1O.[SiH3]O[SiH3]. The summed E-state index contributed by atoms with van der Waals surface area (Å²) >= 11 is 0. The molecule has 0 aromatic heterocycles. The second-order valence-corrected chi connectivity index (χ2v) is 6.14. The highest BCUT2D eigenvalue weighted by molar-refractivity contribution is 6.15. The average molecular weight is 276 g/mol. The van der Waals surface area contributed by atoms with E-state index in [0.29, 0.717) is 0 Å². The normalized spacial score (nSPS) is 9.41. The fourth-order valence-corrected chi connectivity index (χ4v) is 0.925. The van der Waals surface area contributed by atoms with E-state index in [1.165, 1.54) is 0 Å². The topological polar surface area (TPSA) is 124 Å². The lowest BCUT2D eigenvalue weighted by atomic mass is 10.1. The fourth-order valence-electron chi connectivity index (χ4n) is 0.925. The van der Waals surface area contributed by atoms with Crippen molar-refractivity contribution in [2.24, 2.45) is 0 Å². The molecule has 0 spiro atoms. The van der Waals surface area contributed by atoms with Crippen LogP contribution in [0.5, 0.6) is 11.5 Å². The van der Waals surface area contributed by atoms with Gasteiger partial charge < -0.3 is 24.5 Å². The first-order chi connectivity index (χ1) is 7.86. The van der Waals surface area contributed by atoms with E-state index in [1.54, 1.807) is 0 Å². The van der Waals surface area contributed by atoms with Crippen molar-refractivity contribution in [2.75, 3.05) is 0 Å². The molecule has 0 aliphatic carbocycles. The van der Waals surface area contributed by atoms with Gasteiger partial charge >= 0.3 is 11.9 Å². The molecule has 0 aliphatic rings. The van der Waals surface area contributed by atoms with E-state index >= 15 is 0 Å². The van der Waals surface area contributed by atoms with Crippen molar-refractivity contribution in [3.8, 4) is 11.5 Å². The summed E-state index contributed by atoms with van der Waals surface area (Å²) in [5, 5.41) is 35.2. The molecule has 0 atom stereocenters. The molecule has 0 radical (unpaired) electrons. The number of benzene rings is 1. The van der Waals surface area contributed by atoms with Crippen LogP contribution in [0, 0.1) is 0 Å². The zero-order valence-corrected chi connectivity index (χ0v) is 13.2. The van der Waals surface area contributed by atoms with Gasteiger partial charge in [0.2, 0.25) is 0 Å². The molecule has 0 saturated carbocycles. The van der Waals surface area contributed by atoms with Gasteiger partial charge in [-0.2, -0.15) is 0 Å². The summed E-state index contributed by atoms with van der Waals surface area (Å²) in [5.74, 6) is -4.79. The number of aromatic hydroxyl groups is 2. The molecule has 9 heteroatoms. The first-order valence-corrected chi connectivity index (χ1v) is 5.91. The molecule has 94 valence electrons. The summed E-state index contributed by atoms with van der Waals surface area (Å²) in [6.45, 7) is 0. The van der Waals surface area contributed by atoms with E-state index in [1.807, 2.05) is 0 Å². The van der Waals surface area contributed by atoms with Crippen LogP contribution < -0.4 is 0 Å². The maximum atomic E-state index is 10.4. The number of carboxylic acid groups (broad SMARTS) is 2. The Kier molecular flexibility index (Phi) is 5.95. The summed E-state index contributed by atoms with van der Waals surface area (Å²) in [4.78, 5) is 20.9. The summed E-state index contributed by atoms with van der Waals surface area (Å²) in [7, 11) is 1.86. The number of hydrogen-bond donors (Lipinski definition) is 4. The van der Waals surface area contributed by atoms with Gasteiger partial charge in [-0.15, -0.1) is 0 Å². The summed E-state index contributed by atoms with van der Waals surface area (Å²) in [5.41, 5.74) is -1.10. The fraction of sp³-hybridized carbons (Fsp3) is 0. The third-order valence-electron chi connectivity index (χ3n) is 1.61. The average Bonchev–Trinajstić information content (AvgIpc) is 2.22. The standard InChI is InChI=1S/C8H6O6.H6OSi2/c9-5-3(7(11)12)1-2-4(6(5)10)8(13)14;2-1-3/h1-2,9-10H,(H,11,12)(H,13,14);2-3H3. The van der Waals surface area contributed by atoms with E-state index in [0.717, 1.165) is 33.1 Å². The Morgan fingerprint density at radius 1 is 0.941 bits per heavy atom. The molecule has 1 aromatic rings. The maximum Gasteiger partial charge on any atom is 0.339 e. The summed E-state index contributed by atoms with van der Waals surface area (Å²) in [6, 6.07) is 1.81. The number of carbonyl (C=O) groups is 2. The molecule has 0 bridgehead atoms. The molecule has 17 heavy (non-hydrogen) atoms. The van der Waals surface area contributed by atoms with Crippen LogP contribution >= 0.6 is 0 Å². The molecule has 0 unspecified atom stereocenters. The Morgan fingerprint density at radius 2 is 1.18 bits per heavy atom. The molecule has 0 saturated heterocycles. The highest BCUT2D eigenvalue weighted by atomic mass is 28.3. The van der Waals surface area contributed by atoms with Crippen molar-refractivity contribution in [3.63, 3.8) is 0 Å². The molecule has 1 aromatic carbocycles. The Hall–Kier alpha value is -1.85. The van der Waals surface area contributed by atoms with Gasteiger partial charge in [0, 0.05) is 0 Å². The van der Waals surface area contributed by atoms with Gasteiger partial charge in [-0.05, 0) is 12.1 Å². The predicted molar refractivity (Wildman–Crippen MR) is 64.7 cm³/mol. The van der Waals surface area contributed by atoms with E-state index in [4.69, 9.17) is 20.4 Å². The third-order valence-corrected chi connectivity index (χ3v) is 1.61. The van der Waals surface area contributed by atoms with E-state index in [-0.39, 0.29) is 0 Å². The van der Waals surface area contributed by atoms with Crippen molar-refractivity contribution >= 4 is 32.9 Å². The smallest absolute Gasteiger partial charge is 0.339 e. The maximum absolute atomic E-state index is 10.4. The van der Waals surface area contributed by atoms with Crippen LogP contribution in [-0.2, 0) is 4.12 Å². The molecule has 0 heterocycles. The zero-order chi connectivity index (χ0) is 13.6. The highest BCUT2D eigenvalue weighted by Crippen LogP contribution is 2.32. The van der Waals surface area contributed by atoms with Gasteiger partial charge in [0.15, 0.2) is 11.5 Å². The molecule has 0 fully saturated rings. The van der Waals surface area contributed by atoms with Crippen molar-refractivity contribution in [1.82, 2.24) is 0 Å². The van der Waals surface area contributed by atoms with Crippen LogP contribution in [0.1, 0.15) is 20.7 Å². The third kappa shape index (κ3) is 3.90. The highest BCUT2D eigenvalue weighted by Gasteiger charge is 2.19. The van der Waals surface area contributed by atoms with Crippen LogP contribution in [-0.4, -0.2) is 53.3 Å². The van der Waals surface area contributed by atoms with Crippen LogP contribution in [0.25, 0.3) is 0 Å². The van der Waals surface area contributed by atoms with Crippen LogP contribution in [0.2, 0.25) is 0 Å². The Bertz CT molecular complexity index is 393. The number of rotatable bonds is 2. The van der Waals surface area contributed by atoms with Gasteiger partial charge in [-0.25, -0.2) is 9.59 Å². The molecular formula is C8H12O7Si2. The second-order valence-electron chi connectivity index (χ2n) is 2.88. The van der Waals surface area contributed by atoms with Gasteiger partial charge in [-0.1, -0.05) is 0 Å². The number of phenols is 2. The van der Waals surface area contributed by atoms with E-state index in [9.17, 15) is 9.59 Å². The predicted octanol–water partition coefficient (Wildman–Crippen LogP) is -1.94. The summed E-state index contributed by atoms with van der Waals surface area (Å²) < 4.78 is 4.53. The van der Waals surface area contributed by atoms with Crippen molar-refractivity contribution in [3.05, 3.63) is 23.3 Å². The van der Waals surface area contributed by atoms with Crippen LogP contribution in [0.4, 0.5) is 0 Å². The second kappa shape index (κ2) is 6.68. The first kappa shape index (κ1) is 15.2. The number of aromatic carboxylic acids is 2. The quantitative estimate of drug-likeness (QED) is 0.366. The Morgan fingerprint density at radius 3 is 1.35 bits per heavy atom.